The third-order valence-electron chi connectivity index (χ3n) is 4.07. The molecule has 0 bridgehead atoms. The number of amides is 1. The number of esters is 1. The van der Waals surface area contributed by atoms with E-state index >= 15 is 0 Å². The largest absolute Gasteiger partial charge is 0.466 e. The Morgan fingerprint density at radius 2 is 2.00 bits per heavy atom. The number of ether oxygens (including phenoxy) is 1. The van der Waals surface area contributed by atoms with E-state index in [1.807, 2.05) is 6.07 Å². The Morgan fingerprint density at radius 3 is 2.68 bits per heavy atom. The van der Waals surface area contributed by atoms with Crippen molar-refractivity contribution in [1.82, 2.24) is 5.32 Å². The molecular formula is C18H23NO3. The highest BCUT2D eigenvalue weighted by Gasteiger charge is 2.31. The molecule has 0 aliphatic heterocycles. The van der Waals surface area contributed by atoms with Crippen molar-refractivity contribution in [2.45, 2.75) is 31.6 Å². The lowest BCUT2D eigenvalue weighted by Gasteiger charge is -2.35. The number of hydrogen-bond acceptors (Lipinski definition) is 3. The zero-order valence-electron chi connectivity index (χ0n) is 13.0. The summed E-state index contributed by atoms with van der Waals surface area (Å²) in [7, 11) is 1.34. The summed E-state index contributed by atoms with van der Waals surface area (Å²) in [6.07, 6.45) is 6.52. The molecule has 0 aromatic heterocycles. The zero-order valence-corrected chi connectivity index (χ0v) is 13.0. The minimum absolute atomic E-state index is 0.1000. The van der Waals surface area contributed by atoms with Gasteiger partial charge in [-0.15, -0.1) is 0 Å². The normalized spacial score (nSPS) is 20.4. The van der Waals surface area contributed by atoms with E-state index < -0.39 is 0 Å². The van der Waals surface area contributed by atoms with E-state index in [4.69, 9.17) is 0 Å². The number of benzene rings is 1. The van der Waals surface area contributed by atoms with Crippen molar-refractivity contribution in [2.75, 3.05) is 13.7 Å². The molecule has 1 aliphatic carbocycles. The first kappa shape index (κ1) is 16.3. The van der Waals surface area contributed by atoms with Crippen molar-refractivity contribution in [3.8, 4) is 0 Å². The molecule has 0 atom stereocenters. The maximum atomic E-state index is 11.8. The summed E-state index contributed by atoms with van der Waals surface area (Å²) < 4.78 is 4.49. The molecule has 1 amide bonds. The van der Waals surface area contributed by atoms with Crippen molar-refractivity contribution < 1.29 is 14.3 Å². The summed E-state index contributed by atoms with van der Waals surface area (Å²) in [6.45, 7) is 0.557. The Morgan fingerprint density at radius 1 is 1.27 bits per heavy atom. The van der Waals surface area contributed by atoms with Crippen molar-refractivity contribution in [1.29, 1.82) is 0 Å². The average molecular weight is 301 g/mol. The van der Waals surface area contributed by atoms with Crippen LogP contribution in [0.3, 0.4) is 0 Å². The van der Waals surface area contributed by atoms with Crippen LogP contribution >= 0.6 is 0 Å². The van der Waals surface area contributed by atoms with Crippen LogP contribution in [-0.2, 0) is 14.3 Å². The van der Waals surface area contributed by atoms with Crippen LogP contribution < -0.4 is 5.32 Å². The van der Waals surface area contributed by atoms with Crippen LogP contribution in [0.2, 0.25) is 0 Å². The number of carbonyl (C=O) groups is 2. The number of nitrogens with one attached hydrogen (secondary N) is 1. The first-order valence-electron chi connectivity index (χ1n) is 7.75. The predicted octanol–water partition coefficient (Wildman–Crippen LogP) is 2.81. The first-order chi connectivity index (χ1) is 10.7. The molecule has 2 rings (SSSR count). The second-order valence-electron chi connectivity index (χ2n) is 5.71. The van der Waals surface area contributed by atoms with Crippen LogP contribution in [0.25, 0.3) is 0 Å². The number of carbonyl (C=O) groups excluding carboxylic acids is 2. The SMILES string of the molecule is COC(=O)/C=C/CCNC(=O)CC1CC(c2ccccc2)C1. The number of hydrogen-bond donors (Lipinski definition) is 1. The van der Waals surface area contributed by atoms with Crippen LogP contribution in [0.4, 0.5) is 0 Å². The fourth-order valence-electron chi connectivity index (χ4n) is 2.78. The smallest absolute Gasteiger partial charge is 0.330 e. The Kier molecular flexibility index (Phi) is 6.19. The summed E-state index contributed by atoms with van der Waals surface area (Å²) in [5.74, 6) is 0.841. The van der Waals surface area contributed by atoms with Gasteiger partial charge in [-0.2, -0.15) is 0 Å². The molecule has 4 heteroatoms. The van der Waals surface area contributed by atoms with E-state index in [0.29, 0.717) is 31.2 Å². The fourth-order valence-corrected chi connectivity index (χ4v) is 2.78. The van der Waals surface area contributed by atoms with Gasteiger partial charge in [0.25, 0.3) is 0 Å². The summed E-state index contributed by atoms with van der Waals surface area (Å²) in [6, 6.07) is 10.5. The van der Waals surface area contributed by atoms with Crippen LogP contribution in [0.1, 0.15) is 37.2 Å². The molecular weight excluding hydrogens is 278 g/mol. The minimum atomic E-state index is -0.368. The summed E-state index contributed by atoms with van der Waals surface area (Å²) in [4.78, 5) is 22.7. The summed E-state index contributed by atoms with van der Waals surface area (Å²) in [5.41, 5.74) is 1.38. The first-order valence-corrected chi connectivity index (χ1v) is 7.75. The molecule has 0 saturated heterocycles. The van der Waals surface area contributed by atoms with Gasteiger partial charge in [0.05, 0.1) is 7.11 Å². The molecule has 4 nitrogen and oxygen atoms in total. The third-order valence-corrected chi connectivity index (χ3v) is 4.07. The number of rotatable bonds is 7. The second kappa shape index (κ2) is 8.37. The van der Waals surface area contributed by atoms with Crippen LogP contribution in [0.5, 0.6) is 0 Å². The van der Waals surface area contributed by atoms with E-state index in [1.54, 1.807) is 6.08 Å². The van der Waals surface area contributed by atoms with Gasteiger partial charge < -0.3 is 10.1 Å². The Labute approximate surface area is 131 Å². The van der Waals surface area contributed by atoms with E-state index in [2.05, 4.69) is 34.3 Å². The van der Waals surface area contributed by atoms with Gasteiger partial charge in [0.2, 0.25) is 5.91 Å². The highest BCUT2D eigenvalue weighted by molar-refractivity contribution is 5.81. The lowest BCUT2D eigenvalue weighted by atomic mass is 9.70. The van der Waals surface area contributed by atoms with Crippen LogP contribution in [-0.4, -0.2) is 25.5 Å². The van der Waals surface area contributed by atoms with Gasteiger partial charge in [-0.1, -0.05) is 36.4 Å². The maximum Gasteiger partial charge on any atom is 0.330 e. The summed E-state index contributed by atoms with van der Waals surface area (Å²) >= 11 is 0. The van der Waals surface area contributed by atoms with Crippen molar-refractivity contribution in [2.24, 2.45) is 5.92 Å². The molecule has 0 radical (unpaired) electrons. The molecule has 0 heterocycles. The second-order valence-corrected chi connectivity index (χ2v) is 5.71. The van der Waals surface area contributed by atoms with E-state index in [0.717, 1.165) is 12.8 Å². The zero-order chi connectivity index (χ0) is 15.8. The topological polar surface area (TPSA) is 55.4 Å². The van der Waals surface area contributed by atoms with Gasteiger partial charge in [0, 0.05) is 19.0 Å². The maximum absolute atomic E-state index is 11.8. The van der Waals surface area contributed by atoms with Gasteiger partial charge in [-0.05, 0) is 36.7 Å². The van der Waals surface area contributed by atoms with Crippen molar-refractivity contribution in [3.05, 3.63) is 48.0 Å². The molecule has 1 aliphatic rings. The van der Waals surface area contributed by atoms with Gasteiger partial charge >= 0.3 is 5.97 Å². The molecule has 22 heavy (non-hydrogen) atoms. The van der Waals surface area contributed by atoms with Crippen LogP contribution in [0, 0.1) is 5.92 Å². The van der Waals surface area contributed by atoms with Gasteiger partial charge in [0.15, 0.2) is 0 Å². The monoisotopic (exact) mass is 301 g/mol. The molecule has 1 saturated carbocycles. The average Bonchev–Trinajstić information content (AvgIpc) is 2.50. The predicted molar refractivity (Wildman–Crippen MR) is 85.3 cm³/mol. The van der Waals surface area contributed by atoms with Crippen LogP contribution in [0.15, 0.2) is 42.5 Å². The molecule has 1 aromatic rings. The lowest BCUT2D eigenvalue weighted by Crippen LogP contribution is -2.31. The highest BCUT2D eigenvalue weighted by Crippen LogP contribution is 2.43. The molecule has 1 aromatic carbocycles. The van der Waals surface area contributed by atoms with Gasteiger partial charge in [0.1, 0.15) is 0 Å². The lowest BCUT2D eigenvalue weighted by molar-refractivity contribution is -0.134. The fraction of sp³-hybridized carbons (Fsp3) is 0.444. The minimum Gasteiger partial charge on any atom is -0.466 e. The standard InChI is InChI=1S/C18H23NO3/c1-22-18(21)9-5-6-10-19-17(20)13-14-11-16(12-14)15-7-3-2-4-8-15/h2-5,7-9,14,16H,6,10-13H2,1H3,(H,19,20)/b9-5+. The summed E-state index contributed by atoms with van der Waals surface area (Å²) in [5, 5.41) is 2.89. The Hall–Kier alpha value is -2.10. The molecule has 0 unspecified atom stereocenters. The van der Waals surface area contributed by atoms with E-state index in [1.165, 1.54) is 18.7 Å². The Balaban J connectivity index is 1.58. The third kappa shape index (κ3) is 5.02. The molecule has 0 spiro atoms. The van der Waals surface area contributed by atoms with Gasteiger partial charge in [-0.3, -0.25) is 4.79 Å². The van der Waals surface area contributed by atoms with E-state index in [-0.39, 0.29) is 11.9 Å². The Bertz CT molecular complexity index is 518. The van der Waals surface area contributed by atoms with Crippen molar-refractivity contribution >= 4 is 11.9 Å². The van der Waals surface area contributed by atoms with E-state index in [9.17, 15) is 9.59 Å². The van der Waals surface area contributed by atoms with Crippen molar-refractivity contribution in [3.63, 3.8) is 0 Å². The molecule has 1 N–H and O–H groups in total. The quantitative estimate of drug-likeness (QED) is 0.478. The highest BCUT2D eigenvalue weighted by atomic mass is 16.5. The number of methoxy groups -OCH3 is 1. The molecule has 118 valence electrons. The van der Waals surface area contributed by atoms with Gasteiger partial charge in [-0.25, -0.2) is 4.79 Å². The molecule has 1 fully saturated rings.